The fourth-order valence-corrected chi connectivity index (χ4v) is 2.27. The van der Waals surface area contributed by atoms with Crippen LogP contribution < -0.4 is 10.2 Å². The Morgan fingerprint density at radius 2 is 1.93 bits per heavy atom. The SMILES string of the molecule is CC(OC(=O)c1ccc(N(C)C)c([N+](=O)[O-])c1)C(=O)Nc1cccc(F)c1. The number of ether oxygens (including phenoxy) is 1. The number of nitrogens with one attached hydrogen (secondary N) is 1. The van der Waals surface area contributed by atoms with Crippen LogP contribution in [0, 0.1) is 15.9 Å². The molecule has 2 aromatic carbocycles. The molecule has 0 radical (unpaired) electrons. The molecule has 1 N–H and O–H groups in total. The van der Waals surface area contributed by atoms with Crippen LogP contribution >= 0.6 is 0 Å². The van der Waals surface area contributed by atoms with E-state index in [9.17, 15) is 24.1 Å². The minimum Gasteiger partial charge on any atom is -0.449 e. The van der Waals surface area contributed by atoms with Gasteiger partial charge in [0, 0.05) is 25.8 Å². The van der Waals surface area contributed by atoms with E-state index in [1.165, 1.54) is 37.3 Å². The number of hydrogen-bond acceptors (Lipinski definition) is 6. The van der Waals surface area contributed by atoms with E-state index in [0.717, 1.165) is 12.1 Å². The summed E-state index contributed by atoms with van der Waals surface area (Å²) in [5.74, 6) is -2.07. The number of hydrogen-bond donors (Lipinski definition) is 1. The van der Waals surface area contributed by atoms with Crippen molar-refractivity contribution in [1.82, 2.24) is 0 Å². The summed E-state index contributed by atoms with van der Waals surface area (Å²) in [6.07, 6.45) is -1.19. The average molecular weight is 375 g/mol. The van der Waals surface area contributed by atoms with Crippen LogP contribution in [0.25, 0.3) is 0 Å². The van der Waals surface area contributed by atoms with Gasteiger partial charge in [0.05, 0.1) is 10.5 Å². The van der Waals surface area contributed by atoms with Crippen molar-refractivity contribution >= 4 is 28.9 Å². The molecule has 1 atom stereocenters. The average Bonchev–Trinajstić information content (AvgIpc) is 2.60. The van der Waals surface area contributed by atoms with Crippen molar-refractivity contribution in [2.45, 2.75) is 13.0 Å². The van der Waals surface area contributed by atoms with E-state index < -0.39 is 28.7 Å². The molecular formula is C18H18FN3O5. The predicted octanol–water partition coefficient (Wildman–Crippen LogP) is 2.98. The Bertz CT molecular complexity index is 885. The number of rotatable bonds is 6. The van der Waals surface area contributed by atoms with Gasteiger partial charge in [0.2, 0.25) is 0 Å². The van der Waals surface area contributed by atoms with Crippen molar-refractivity contribution in [2.24, 2.45) is 0 Å². The first-order valence-corrected chi connectivity index (χ1v) is 7.92. The number of amides is 1. The molecule has 0 spiro atoms. The maximum atomic E-state index is 13.1. The number of carbonyl (C=O) groups is 2. The molecule has 0 fully saturated rings. The lowest BCUT2D eigenvalue weighted by atomic mass is 10.1. The second-order valence-corrected chi connectivity index (χ2v) is 5.90. The number of benzene rings is 2. The third-order valence-electron chi connectivity index (χ3n) is 3.63. The first-order valence-electron chi connectivity index (χ1n) is 7.92. The van der Waals surface area contributed by atoms with Crippen LogP contribution in [0.5, 0.6) is 0 Å². The van der Waals surface area contributed by atoms with E-state index in [1.807, 2.05) is 0 Å². The molecule has 0 aromatic heterocycles. The highest BCUT2D eigenvalue weighted by atomic mass is 19.1. The van der Waals surface area contributed by atoms with E-state index in [1.54, 1.807) is 19.0 Å². The van der Waals surface area contributed by atoms with Crippen LogP contribution in [-0.4, -0.2) is 37.0 Å². The summed E-state index contributed by atoms with van der Waals surface area (Å²) in [6, 6.07) is 9.15. The Kier molecular flexibility index (Phi) is 6.07. The summed E-state index contributed by atoms with van der Waals surface area (Å²) in [4.78, 5) is 36.4. The molecule has 1 amide bonds. The van der Waals surface area contributed by atoms with Crippen molar-refractivity contribution in [2.75, 3.05) is 24.3 Å². The van der Waals surface area contributed by atoms with Crippen LogP contribution in [0.3, 0.4) is 0 Å². The second kappa shape index (κ2) is 8.26. The molecule has 0 aliphatic heterocycles. The summed E-state index contributed by atoms with van der Waals surface area (Å²) in [5.41, 5.74) is 0.228. The smallest absolute Gasteiger partial charge is 0.339 e. The van der Waals surface area contributed by atoms with E-state index in [0.29, 0.717) is 5.69 Å². The molecule has 8 nitrogen and oxygen atoms in total. The number of esters is 1. The fraction of sp³-hybridized carbons (Fsp3) is 0.222. The monoisotopic (exact) mass is 375 g/mol. The van der Waals surface area contributed by atoms with Crippen molar-refractivity contribution < 1.29 is 23.6 Å². The zero-order valence-electron chi connectivity index (χ0n) is 14.9. The minimum absolute atomic E-state index is 0.0577. The van der Waals surface area contributed by atoms with Crippen LogP contribution in [0.15, 0.2) is 42.5 Å². The summed E-state index contributed by atoms with van der Waals surface area (Å²) in [6.45, 7) is 1.34. The molecule has 0 heterocycles. The standard InChI is InChI=1S/C18H18FN3O5/c1-11(17(23)20-14-6-4-5-13(19)10-14)27-18(24)12-7-8-15(21(2)3)16(9-12)22(25)26/h4-11H,1-3H3,(H,20,23). The molecule has 0 aliphatic carbocycles. The number of carbonyl (C=O) groups excluding carboxylic acids is 2. The molecule has 0 bridgehead atoms. The third-order valence-corrected chi connectivity index (χ3v) is 3.63. The van der Waals surface area contributed by atoms with Crippen LogP contribution in [0.1, 0.15) is 17.3 Å². The Hall–Kier alpha value is -3.49. The molecular weight excluding hydrogens is 357 g/mol. The van der Waals surface area contributed by atoms with Crippen LogP contribution in [-0.2, 0) is 9.53 Å². The normalized spacial score (nSPS) is 11.4. The van der Waals surface area contributed by atoms with Gasteiger partial charge in [-0.15, -0.1) is 0 Å². The number of nitro groups is 1. The molecule has 0 saturated heterocycles. The van der Waals surface area contributed by atoms with Gasteiger partial charge in [-0.1, -0.05) is 6.07 Å². The lowest BCUT2D eigenvalue weighted by Gasteiger charge is -2.15. The third kappa shape index (κ3) is 5.00. The second-order valence-electron chi connectivity index (χ2n) is 5.90. The van der Waals surface area contributed by atoms with Crippen molar-refractivity contribution in [1.29, 1.82) is 0 Å². The maximum absolute atomic E-state index is 13.1. The number of anilines is 2. The quantitative estimate of drug-likeness (QED) is 0.473. The van der Waals surface area contributed by atoms with E-state index in [2.05, 4.69) is 5.32 Å². The van der Waals surface area contributed by atoms with Crippen molar-refractivity contribution in [3.05, 3.63) is 64.0 Å². The lowest BCUT2D eigenvalue weighted by molar-refractivity contribution is -0.384. The Labute approximate surface area is 154 Å². The summed E-state index contributed by atoms with van der Waals surface area (Å²) in [7, 11) is 3.28. The molecule has 0 saturated carbocycles. The molecule has 0 aliphatic rings. The van der Waals surface area contributed by atoms with Gasteiger partial charge in [0.15, 0.2) is 6.10 Å². The van der Waals surface area contributed by atoms with Crippen LogP contribution in [0.4, 0.5) is 21.5 Å². The van der Waals surface area contributed by atoms with Crippen molar-refractivity contribution in [3.8, 4) is 0 Å². The highest BCUT2D eigenvalue weighted by Crippen LogP contribution is 2.28. The summed E-state index contributed by atoms with van der Waals surface area (Å²) in [5, 5.41) is 13.6. The number of nitrogens with zero attached hydrogens (tertiary/aromatic N) is 2. The highest BCUT2D eigenvalue weighted by Gasteiger charge is 2.23. The van der Waals surface area contributed by atoms with Gasteiger partial charge >= 0.3 is 5.97 Å². The zero-order chi connectivity index (χ0) is 20.1. The molecule has 2 rings (SSSR count). The molecule has 9 heteroatoms. The predicted molar refractivity (Wildman–Crippen MR) is 97.3 cm³/mol. The highest BCUT2D eigenvalue weighted by molar-refractivity contribution is 5.97. The summed E-state index contributed by atoms with van der Waals surface area (Å²) >= 11 is 0. The Morgan fingerprint density at radius 1 is 1.22 bits per heavy atom. The molecule has 27 heavy (non-hydrogen) atoms. The van der Waals surface area contributed by atoms with Gasteiger partial charge in [-0.05, 0) is 37.3 Å². The first kappa shape index (κ1) is 19.8. The van der Waals surface area contributed by atoms with Crippen molar-refractivity contribution in [3.63, 3.8) is 0 Å². The lowest BCUT2D eigenvalue weighted by Crippen LogP contribution is -2.30. The molecule has 1 unspecified atom stereocenters. The van der Waals surface area contributed by atoms with Gasteiger partial charge in [-0.2, -0.15) is 0 Å². The maximum Gasteiger partial charge on any atom is 0.339 e. The topological polar surface area (TPSA) is 102 Å². The Morgan fingerprint density at radius 3 is 2.52 bits per heavy atom. The van der Waals surface area contributed by atoms with E-state index in [4.69, 9.17) is 4.74 Å². The number of halogens is 1. The van der Waals surface area contributed by atoms with E-state index in [-0.39, 0.29) is 16.9 Å². The minimum atomic E-state index is -1.19. The fourth-order valence-electron chi connectivity index (χ4n) is 2.27. The van der Waals surface area contributed by atoms with Crippen LogP contribution in [0.2, 0.25) is 0 Å². The first-order chi connectivity index (χ1) is 12.7. The Balaban J connectivity index is 2.10. The van der Waals surface area contributed by atoms with Gasteiger partial charge in [0.1, 0.15) is 11.5 Å². The summed E-state index contributed by atoms with van der Waals surface area (Å²) < 4.78 is 18.2. The molecule has 2 aromatic rings. The number of nitro benzene ring substituents is 1. The zero-order valence-corrected chi connectivity index (χ0v) is 14.9. The van der Waals surface area contributed by atoms with E-state index >= 15 is 0 Å². The van der Waals surface area contributed by atoms with Gasteiger partial charge in [-0.25, -0.2) is 9.18 Å². The van der Waals surface area contributed by atoms with Gasteiger partial charge in [-0.3, -0.25) is 14.9 Å². The largest absolute Gasteiger partial charge is 0.449 e. The van der Waals surface area contributed by atoms with Gasteiger partial charge in [0.25, 0.3) is 11.6 Å². The molecule has 142 valence electrons. The van der Waals surface area contributed by atoms with Gasteiger partial charge < -0.3 is 15.0 Å².